The van der Waals surface area contributed by atoms with Crippen LogP contribution in [0.2, 0.25) is 0 Å². The van der Waals surface area contributed by atoms with Gasteiger partial charge in [0.15, 0.2) is 0 Å². The Balaban J connectivity index is 1.86. The highest BCUT2D eigenvalue weighted by atomic mass is 16.2. The Morgan fingerprint density at radius 3 is 2.25 bits per heavy atom. The lowest BCUT2D eigenvalue weighted by atomic mass is 9.86. The van der Waals surface area contributed by atoms with E-state index >= 15 is 0 Å². The van der Waals surface area contributed by atoms with Crippen molar-refractivity contribution < 1.29 is 4.79 Å². The van der Waals surface area contributed by atoms with Gasteiger partial charge < -0.3 is 4.90 Å². The van der Waals surface area contributed by atoms with E-state index in [4.69, 9.17) is 0 Å². The maximum atomic E-state index is 12.3. The van der Waals surface area contributed by atoms with E-state index in [-0.39, 0.29) is 23.5 Å². The van der Waals surface area contributed by atoms with Gasteiger partial charge in [-0.1, -0.05) is 45.0 Å². The molecule has 0 bridgehead atoms. The summed E-state index contributed by atoms with van der Waals surface area (Å²) in [5.41, 5.74) is 2.69. The van der Waals surface area contributed by atoms with Crippen LogP contribution in [-0.4, -0.2) is 22.9 Å². The van der Waals surface area contributed by atoms with E-state index < -0.39 is 0 Å². The largest absolute Gasteiger partial charge is 0.319 e. The quantitative estimate of drug-likeness (QED) is 0.897. The van der Waals surface area contributed by atoms with Crippen molar-refractivity contribution in [1.82, 2.24) is 10.2 Å². The molecule has 2 fully saturated rings. The molecule has 1 aromatic carbocycles. The average molecular weight is 272 g/mol. The molecule has 1 heterocycles. The van der Waals surface area contributed by atoms with Gasteiger partial charge in [0, 0.05) is 6.04 Å². The van der Waals surface area contributed by atoms with Crippen molar-refractivity contribution in [1.29, 1.82) is 0 Å². The van der Waals surface area contributed by atoms with Crippen LogP contribution in [-0.2, 0) is 10.2 Å². The summed E-state index contributed by atoms with van der Waals surface area (Å²) in [5, 5.41) is 3.43. The van der Waals surface area contributed by atoms with Crippen molar-refractivity contribution in [3.63, 3.8) is 0 Å². The summed E-state index contributed by atoms with van der Waals surface area (Å²) in [5.74, 6) is 0.248. The zero-order chi connectivity index (χ0) is 14.5. The molecule has 108 valence electrons. The number of carbonyl (C=O) groups is 1. The molecule has 2 aliphatic rings. The predicted octanol–water partition coefficient (Wildman–Crippen LogP) is 2.97. The van der Waals surface area contributed by atoms with Crippen LogP contribution in [0.4, 0.5) is 0 Å². The third kappa shape index (κ3) is 2.35. The summed E-state index contributed by atoms with van der Waals surface area (Å²) in [4.78, 5) is 14.3. The molecular weight excluding hydrogens is 248 g/mol. The van der Waals surface area contributed by atoms with Crippen LogP contribution in [0.15, 0.2) is 24.3 Å². The molecule has 0 radical (unpaired) electrons. The van der Waals surface area contributed by atoms with Crippen LogP contribution < -0.4 is 5.32 Å². The fourth-order valence-electron chi connectivity index (χ4n) is 2.90. The molecule has 2 unspecified atom stereocenters. The van der Waals surface area contributed by atoms with Gasteiger partial charge in [-0.3, -0.25) is 10.1 Å². The van der Waals surface area contributed by atoms with Crippen molar-refractivity contribution in [2.75, 3.05) is 0 Å². The van der Waals surface area contributed by atoms with E-state index in [1.54, 1.807) is 0 Å². The number of hydrogen-bond donors (Lipinski definition) is 1. The van der Waals surface area contributed by atoms with Gasteiger partial charge in [-0.05, 0) is 36.3 Å². The minimum atomic E-state index is -0.0668. The predicted molar refractivity (Wildman–Crippen MR) is 80.3 cm³/mol. The second-order valence-electron chi connectivity index (χ2n) is 7.14. The number of hydrogen-bond acceptors (Lipinski definition) is 2. The van der Waals surface area contributed by atoms with Crippen LogP contribution in [0.1, 0.15) is 57.8 Å². The Morgan fingerprint density at radius 1 is 1.15 bits per heavy atom. The van der Waals surface area contributed by atoms with Crippen molar-refractivity contribution in [3.05, 3.63) is 35.4 Å². The number of nitrogens with one attached hydrogen (secondary N) is 1. The topological polar surface area (TPSA) is 32.3 Å². The lowest BCUT2D eigenvalue weighted by Crippen LogP contribution is -2.32. The van der Waals surface area contributed by atoms with Gasteiger partial charge in [-0.15, -0.1) is 0 Å². The fourth-order valence-corrected chi connectivity index (χ4v) is 2.90. The molecule has 1 saturated carbocycles. The molecular formula is C17H24N2O. The Kier molecular flexibility index (Phi) is 3.13. The summed E-state index contributed by atoms with van der Waals surface area (Å²) >= 11 is 0. The number of amides is 1. The van der Waals surface area contributed by atoms with Crippen LogP contribution in [0.25, 0.3) is 0 Å². The summed E-state index contributed by atoms with van der Waals surface area (Å²) < 4.78 is 0. The van der Waals surface area contributed by atoms with E-state index in [0.29, 0.717) is 6.04 Å². The third-order valence-corrected chi connectivity index (χ3v) is 4.34. The molecule has 3 heteroatoms. The number of carbonyl (C=O) groups excluding carboxylic acids is 1. The molecule has 0 aromatic heterocycles. The molecule has 2 atom stereocenters. The summed E-state index contributed by atoms with van der Waals surface area (Å²) in [7, 11) is 0. The van der Waals surface area contributed by atoms with E-state index in [1.165, 1.54) is 11.1 Å². The van der Waals surface area contributed by atoms with Crippen molar-refractivity contribution in [3.8, 4) is 0 Å². The first kappa shape index (κ1) is 13.6. The Morgan fingerprint density at radius 2 is 1.75 bits per heavy atom. The molecule has 0 spiro atoms. The van der Waals surface area contributed by atoms with Crippen molar-refractivity contribution in [2.45, 2.75) is 64.2 Å². The Bertz CT molecular complexity index is 511. The maximum Gasteiger partial charge on any atom is 0.241 e. The summed E-state index contributed by atoms with van der Waals surface area (Å²) in [6.07, 6.45) is 2.35. The SMILES string of the molecule is CC1NC(c2ccc(C(C)(C)C)cc2)N(C2CC2)C1=O. The lowest BCUT2D eigenvalue weighted by Gasteiger charge is -2.25. The lowest BCUT2D eigenvalue weighted by molar-refractivity contribution is -0.130. The van der Waals surface area contributed by atoms with E-state index in [2.05, 4.69) is 55.3 Å². The molecule has 1 amide bonds. The maximum absolute atomic E-state index is 12.3. The number of benzene rings is 1. The first-order chi connectivity index (χ1) is 9.38. The van der Waals surface area contributed by atoms with Crippen molar-refractivity contribution >= 4 is 5.91 Å². The first-order valence-corrected chi connectivity index (χ1v) is 7.56. The average Bonchev–Trinajstić information content (AvgIpc) is 3.17. The van der Waals surface area contributed by atoms with Crippen LogP contribution in [0.5, 0.6) is 0 Å². The fraction of sp³-hybridized carbons (Fsp3) is 0.588. The number of nitrogens with zero attached hydrogens (tertiary/aromatic N) is 1. The first-order valence-electron chi connectivity index (χ1n) is 7.56. The molecule has 20 heavy (non-hydrogen) atoms. The highest BCUT2D eigenvalue weighted by molar-refractivity contribution is 5.84. The normalized spacial score (nSPS) is 27.2. The van der Waals surface area contributed by atoms with Gasteiger partial charge in [-0.25, -0.2) is 0 Å². The van der Waals surface area contributed by atoms with Gasteiger partial charge in [0.2, 0.25) is 5.91 Å². The highest BCUT2D eigenvalue weighted by Crippen LogP contribution is 2.37. The highest BCUT2D eigenvalue weighted by Gasteiger charge is 2.44. The molecule has 1 aliphatic heterocycles. The number of rotatable bonds is 2. The second-order valence-corrected chi connectivity index (χ2v) is 7.14. The molecule has 3 nitrogen and oxygen atoms in total. The van der Waals surface area contributed by atoms with E-state index in [1.807, 2.05) is 6.92 Å². The Labute approximate surface area is 121 Å². The van der Waals surface area contributed by atoms with Crippen LogP contribution >= 0.6 is 0 Å². The zero-order valence-corrected chi connectivity index (χ0v) is 12.8. The molecule has 1 aromatic rings. The molecule has 1 saturated heterocycles. The van der Waals surface area contributed by atoms with E-state index in [0.717, 1.165) is 12.8 Å². The van der Waals surface area contributed by atoms with Gasteiger partial charge >= 0.3 is 0 Å². The third-order valence-electron chi connectivity index (χ3n) is 4.34. The summed E-state index contributed by atoms with van der Waals surface area (Å²) in [6, 6.07) is 9.10. The van der Waals surface area contributed by atoms with Gasteiger partial charge in [0.1, 0.15) is 6.17 Å². The summed E-state index contributed by atoms with van der Waals surface area (Å²) in [6.45, 7) is 8.62. The standard InChI is InChI=1S/C17H24N2O/c1-11-16(20)19(14-9-10-14)15(18-11)12-5-7-13(8-6-12)17(2,3)4/h5-8,11,14-15,18H,9-10H2,1-4H3. The molecule has 1 aliphatic carbocycles. The minimum Gasteiger partial charge on any atom is -0.319 e. The van der Waals surface area contributed by atoms with Gasteiger partial charge in [0.05, 0.1) is 6.04 Å². The molecule has 3 rings (SSSR count). The van der Waals surface area contributed by atoms with Crippen LogP contribution in [0.3, 0.4) is 0 Å². The van der Waals surface area contributed by atoms with Gasteiger partial charge in [0.25, 0.3) is 0 Å². The zero-order valence-electron chi connectivity index (χ0n) is 12.8. The van der Waals surface area contributed by atoms with Gasteiger partial charge in [-0.2, -0.15) is 0 Å². The minimum absolute atomic E-state index is 0.0546. The van der Waals surface area contributed by atoms with Crippen molar-refractivity contribution in [2.24, 2.45) is 0 Å². The molecule has 1 N–H and O–H groups in total. The van der Waals surface area contributed by atoms with E-state index in [9.17, 15) is 4.79 Å². The van der Waals surface area contributed by atoms with Crippen LogP contribution in [0, 0.1) is 0 Å². The second kappa shape index (κ2) is 4.59. The monoisotopic (exact) mass is 272 g/mol. The Hall–Kier alpha value is -1.35. The smallest absolute Gasteiger partial charge is 0.241 e.